The van der Waals surface area contributed by atoms with Gasteiger partial charge in [0.25, 0.3) is 0 Å². The number of rotatable bonds is 10. The van der Waals surface area contributed by atoms with Gasteiger partial charge in [-0.2, -0.15) is 0 Å². The van der Waals surface area contributed by atoms with Gasteiger partial charge in [-0.05, 0) is 52.7 Å². The van der Waals surface area contributed by atoms with Crippen LogP contribution in [0.4, 0.5) is 4.79 Å². The quantitative estimate of drug-likeness (QED) is 0.439. The van der Waals surface area contributed by atoms with Gasteiger partial charge in [-0.3, -0.25) is 0 Å². The van der Waals surface area contributed by atoms with Crippen LogP contribution in [-0.2, 0) is 4.74 Å². The molecular weight excluding hydrogens is 434 g/mol. The first-order valence-corrected chi connectivity index (χ1v) is 11.1. The second-order valence-corrected chi connectivity index (χ2v) is 9.07. The average Bonchev–Trinajstić information content (AvgIpc) is 2.62. The zero-order valence-corrected chi connectivity index (χ0v) is 19.5. The van der Waals surface area contributed by atoms with Crippen molar-refractivity contribution in [2.24, 2.45) is 0 Å². The van der Waals surface area contributed by atoms with E-state index in [-0.39, 0.29) is 6.09 Å². The third kappa shape index (κ3) is 8.56. The molecule has 0 saturated carbocycles. The highest BCUT2D eigenvalue weighted by Gasteiger charge is 2.15. The summed E-state index contributed by atoms with van der Waals surface area (Å²) in [6.45, 7) is 8.91. The number of nitrogens with one attached hydrogen (secondary N) is 1. The molecule has 0 unspecified atom stereocenters. The summed E-state index contributed by atoms with van der Waals surface area (Å²) >= 11 is 3.53. The van der Waals surface area contributed by atoms with Crippen molar-refractivity contribution in [2.75, 3.05) is 13.2 Å². The summed E-state index contributed by atoms with van der Waals surface area (Å²) in [6, 6.07) is 3.99. The smallest absolute Gasteiger partial charge is 0.407 e. The minimum absolute atomic E-state index is 0.338. The molecule has 0 fully saturated rings. The molecule has 2 aromatic rings. The van der Waals surface area contributed by atoms with Crippen molar-refractivity contribution in [3.05, 3.63) is 28.6 Å². The summed E-state index contributed by atoms with van der Waals surface area (Å²) in [4.78, 5) is 20.2. The fourth-order valence-electron chi connectivity index (χ4n) is 2.96. The summed E-state index contributed by atoms with van der Waals surface area (Å²) in [5.41, 5.74) is 1.36. The molecule has 160 valence electrons. The Balaban J connectivity index is 1.58. The van der Waals surface area contributed by atoms with Crippen LogP contribution in [0.25, 0.3) is 10.9 Å². The van der Waals surface area contributed by atoms with Crippen molar-refractivity contribution in [1.82, 2.24) is 15.3 Å². The summed E-state index contributed by atoms with van der Waals surface area (Å²) in [5.74, 6) is 0.799. The van der Waals surface area contributed by atoms with Crippen LogP contribution < -0.4 is 10.1 Å². The molecule has 1 aromatic heterocycles. The number of fused-ring (bicyclic) bond motifs is 1. The second kappa shape index (κ2) is 11.3. The van der Waals surface area contributed by atoms with Crippen molar-refractivity contribution < 1.29 is 14.3 Å². The highest BCUT2D eigenvalue weighted by Crippen LogP contribution is 2.29. The summed E-state index contributed by atoms with van der Waals surface area (Å²) in [7, 11) is 0. The largest absolute Gasteiger partial charge is 0.491 e. The van der Waals surface area contributed by atoms with Gasteiger partial charge < -0.3 is 14.8 Å². The van der Waals surface area contributed by atoms with Crippen LogP contribution in [-0.4, -0.2) is 34.8 Å². The fraction of sp³-hybridized carbons (Fsp3) is 0.591. The number of carbonyl (C=O) groups excluding carboxylic acids is 1. The van der Waals surface area contributed by atoms with Crippen LogP contribution in [0, 0.1) is 6.92 Å². The number of amides is 1. The number of hydrogen-bond donors (Lipinski definition) is 1. The first kappa shape index (κ1) is 23.4. The Bertz CT molecular complexity index is 806. The number of halogens is 1. The number of aryl methyl sites for hydroxylation is 1. The van der Waals surface area contributed by atoms with E-state index in [4.69, 9.17) is 9.47 Å². The fourth-order valence-corrected chi connectivity index (χ4v) is 3.39. The van der Waals surface area contributed by atoms with Gasteiger partial charge in [0.2, 0.25) is 0 Å². The third-order valence-corrected chi connectivity index (χ3v) is 4.82. The summed E-state index contributed by atoms with van der Waals surface area (Å²) in [6.07, 6.45) is 7.76. The van der Waals surface area contributed by atoms with E-state index in [2.05, 4.69) is 31.2 Å². The number of ether oxygens (including phenoxy) is 2. The number of carbonyl (C=O) groups is 1. The Morgan fingerprint density at radius 3 is 2.48 bits per heavy atom. The normalized spacial score (nSPS) is 11.5. The van der Waals surface area contributed by atoms with Crippen molar-refractivity contribution >= 4 is 32.9 Å². The second-order valence-electron chi connectivity index (χ2n) is 8.16. The van der Waals surface area contributed by atoms with E-state index in [0.29, 0.717) is 13.2 Å². The Labute approximate surface area is 181 Å². The highest BCUT2D eigenvalue weighted by atomic mass is 79.9. The van der Waals surface area contributed by atoms with Gasteiger partial charge in [-0.15, -0.1) is 0 Å². The maximum absolute atomic E-state index is 11.5. The topological polar surface area (TPSA) is 73.3 Å². The van der Waals surface area contributed by atoms with Crippen molar-refractivity contribution in [2.45, 2.75) is 71.8 Å². The molecular formula is C22H32BrN3O3. The minimum Gasteiger partial charge on any atom is -0.491 e. The van der Waals surface area contributed by atoms with E-state index in [9.17, 15) is 4.79 Å². The molecule has 2 rings (SSSR count). The van der Waals surface area contributed by atoms with Gasteiger partial charge in [-0.1, -0.05) is 41.6 Å². The number of hydrogen-bond acceptors (Lipinski definition) is 5. The Morgan fingerprint density at radius 1 is 1.07 bits per heavy atom. The molecule has 1 aromatic carbocycles. The van der Waals surface area contributed by atoms with Crippen molar-refractivity contribution in [3.63, 3.8) is 0 Å². The Hall–Kier alpha value is -1.89. The van der Waals surface area contributed by atoms with Gasteiger partial charge in [0.05, 0.1) is 6.61 Å². The molecule has 0 atom stereocenters. The molecule has 1 amide bonds. The third-order valence-electron chi connectivity index (χ3n) is 4.36. The first-order chi connectivity index (χ1) is 13.8. The Morgan fingerprint density at radius 2 is 1.76 bits per heavy atom. The maximum atomic E-state index is 11.5. The van der Waals surface area contributed by atoms with E-state index >= 15 is 0 Å². The van der Waals surface area contributed by atoms with E-state index in [1.807, 2.05) is 39.8 Å². The number of benzene rings is 1. The molecule has 0 spiro atoms. The van der Waals surface area contributed by atoms with E-state index in [0.717, 1.165) is 65.3 Å². The average molecular weight is 466 g/mol. The number of aromatic nitrogens is 2. The lowest BCUT2D eigenvalue weighted by Gasteiger charge is -2.19. The zero-order chi connectivity index (χ0) is 21.3. The zero-order valence-electron chi connectivity index (χ0n) is 17.9. The minimum atomic E-state index is -0.444. The summed E-state index contributed by atoms with van der Waals surface area (Å²) < 4.78 is 12.2. The van der Waals surface area contributed by atoms with Gasteiger partial charge in [-0.25, -0.2) is 14.8 Å². The maximum Gasteiger partial charge on any atom is 0.407 e. The predicted octanol–water partition coefficient (Wildman–Crippen LogP) is 5.94. The van der Waals surface area contributed by atoms with Crippen LogP contribution in [0.15, 0.2) is 22.9 Å². The molecule has 0 bridgehead atoms. The molecule has 29 heavy (non-hydrogen) atoms. The monoisotopic (exact) mass is 465 g/mol. The van der Waals surface area contributed by atoms with Crippen LogP contribution >= 0.6 is 15.9 Å². The standard InChI is InChI=1S/C22H32BrN3O3/c1-16-18-13-17(23)14-19(20(18)26-15-25-16)28-12-10-8-6-5-7-9-11-24-21(27)29-22(2,3)4/h13-15H,5-12H2,1-4H3,(H,24,27). The molecule has 1 N–H and O–H groups in total. The Kier molecular flexibility index (Phi) is 9.14. The van der Waals surface area contributed by atoms with E-state index < -0.39 is 5.60 Å². The number of alkyl carbamates (subject to hydrolysis) is 1. The molecule has 0 saturated heterocycles. The number of unbranched alkanes of at least 4 members (excludes halogenated alkanes) is 5. The van der Waals surface area contributed by atoms with Gasteiger partial charge >= 0.3 is 6.09 Å². The molecule has 0 aliphatic rings. The molecule has 6 nitrogen and oxygen atoms in total. The molecule has 1 heterocycles. The summed E-state index contributed by atoms with van der Waals surface area (Å²) in [5, 5.41) is 3.81. The van der Waals surface area contributed by atoms with Crippen LogP contribution in [0.5, 0.6) is 5.75 Å². The molecule has 0 radical (unpaired) electrons. The molecule has 0 aliphatic carbocycles. The predicted molar refractivity (Wildman–Crippen MR) is 119 cm³/mol. The lowest BCUT2D eigenvalue weighted by molar-refractivity contribution is 0.0527. The number of nitrogens with zero attached hydrogens (tertiary/aromatic N) is 2. The first-order valence-electron chi connectivity index (χ1n) is 10.3. The SMILES string of the molecule is Cc1ncnc2c(OCCCCCCCCNC(=O)OC(C)(C)C)cc(Br)cc12. The van der Waals surface area contributed by atoms with Crippen LogP contribution in [0.2, 0.25) is 0 Å². The van der Waals surface area contributed by atoms with Crippen molar-refractivity contribution in [1.29, 1.82) is 0 Å². The van der Waals surface area contributed by atoms with E-state index in [1.54, 1.807) is 6.33 Å². The van der Waals surface area contributed by atoms with Gasteiger partial charge in [0, 0.05) is 22.1 Å². The lowest BCUT2D eigenvalue weighted by atomic mass is 10.1. The molecule has 0 aliphatic heterocycles. The van der Waals surface area contributed by atoms with Gasteiger partial charge in [0.15, 0.2) is 0 Å². The van der Waals surface area contributed by atoms with Crippen LogP contribution in [0.3, 0.4) is 0 Å². The van der Waals surface area contributed by atoms with Crippen molar-refractivity contribution in [3.8, 4) is 5.75 Å². The molecule has 7 heteroatoms. The van der Waals surface area contributed by atoms with Gasteiger partial charge in [0.1, 0.15) is 23.2 Å². The van der Waals surface area contributed by atoms with Crippen LogP contribution in [0.1, 0.15) is 65.0 Å². The highest BCUT2D eigenvalue weighted by molar-refractivity contribution is 9.10. The lowest BCUT2D eigenvalue weighted by Crippen LogP contribution is -2.32. The van der Waals surface area contributed by atoms with E-state index in [1.165, 1.54) is 0 Å².